The Morgan fingerprint density at radius 1 is 1.57 bits per heavy atom. The summed E-state index contributed by atoms with van der Waals surface area (Å²) in [5.74, 6) is 0. The van der Waals surface area contributed by atoms with E-state index in [1.165, 1.54) is 19.5 Å². The van der Waals surface area contributed by atoms with Gasteiger partial charge in [-0.25, -0.2) is 0 Å². The first-order chi connectivity index (χ1) is 6.84. The van der Waals surface area contributed by atoms with Crippen molar-refractivity contribution >= 4 is 11.3 Å². The molecule has 0 aliphatic carbocycles. The Labute approximate surface area is 88.9 Å². The fraction of sp³-hybridized carbons (Fsp3) is 0.636. The fourth-order valence-electron chi connectivity index (χ4n) is 2.60. The Kier molecular flexibility index (Phi) is 2.11. The molecular weight excluding hydrogens is 192 g/mol. The maximum atomic E-state index is 3.58. The second-order valence-electron chi connectivity index (χ2n) is 4.38. The topological polar surface area (TPSA) is 15.3 Å². The Hall–Kier alpha value is -0.380. The molecule has 0 amide bonds. The number of rotatable bonds is 0. The predicted molar refractivity (Wildman–Crippen MR) is 59.8 cm³/mol. The van der Waals surface area contributed by atoms with Gasteiger partial charge in [-0.1, -0.05) is 0 Å². The molecule has 0 radical (unpaired) electrons. The first-order valence-corrected chi connectivity index (χ1v) is 6.26. The minimum Gasteiger partial charge on any atom is -0.311 e. The van der Waals surface area contributed by atoms with Crippen LogP contribution in [0.3, 0.4) is 0 Å². The lowest BCUT2D eigenvalue weighted by molar-refractivity contribution is 0.129. The third kappa shape index (κ3) is 1.31. The van der Waals surface area contributed by atoms with E-state index >= 15 is 0 Å². The van der Waals surface area contributed by atoms with Gasteiger partial charge in [0.2, 0.25) is 0 Å². The molecule has 2 aliphatic rings. The summed E-state index contributed by atoms with van der Waals surface area (Å²) in [5, 5.41) is 5.82. The Morgan fingerprint density at radius 2 is 2.50 bits per heavy atom. The normalized spacial score (nSPS) is 32.4. The molecule has 76 valence electrons. The van der Waals surface area contributed by atoms with Crippen molar-refractivity contribution in [2.45, 2.75) is 25.4 Å². The van der Waals surface area contributed by atoms with E-state index in [4.69, 9.17) is 0 Å². The molecule has 1 fully saturated rings. The molecule has 1 saturated heterocycles. The van der Waals surface area contributed by atoms with Crippen LogP contribution in [0.1, 0.15) is 23.4 Å². The number of fused-ring (bicyclic) bond motifs is 3. The van der Waals surface area contributed by atoms with Crippen molar-refractivity contribution in [3.8, 4) is 0 Å². The summed E-state index contributed by atoms with van der Waals surface area (Å²) in [5.41, 5.74) is 1.59. The molecule has 2 atom stereocenters. The largest absolute Gasteiger partial charge is 0.311 e. The molecule has 3 heterocycles. The Morgan fingerprint density at radius 3 is 3.43 bits per heavy atom. The van der Waals surface area contributed by atoms with Crippen molar-refractivity contribution in [1.82, 2.24) is 10.2 Å². The van der Waals surface area contributed by atoms with E-state index in [1.54, 1.807) is 10.4 Å². The first kappa shape index (κ1) is 8.89. The second-order valence-corrected chi connectivity index (χ2v) is 5.33. The number of hydrogen-bond donors (Lipinski definition) is 1. The Bertz CT molecular complexity index is 334. The molecule has 0 aromatic carbocycles. The molecule has 1 aromatic rings. The van der Waals surface area contributed by atoms with Crippen LogP contribution in [0.2, 0.25) is 0 Å². The number of piperazine rings is 1. The summed E-state index contributed by atoms with van der Waals surface area (Å²) in [7, 11) is 0. The van der Waals surface area contributed by atoms with Gasteiger partial charge in [0.05, 0.1) is 6.04 Å². The van der Waals surface area contributed by atoms with Gasteiger partial charge < -0.3 is 5.32 Å². The van der Waals surface area contributed by atoms with Crippen LogP contribution >= 0.6 is 11.3 Å². The quantitative estimate of drug-likeness (QED) is 0.697. The third-order valence-electron chi connectivity index (χ3n) is 3.36. The van der Waals surface area contributed by atoms with Crippen LogP contribution in [0.25, 0.3) is 0 Å². The van der Waals surface area contributed by atoms with Crippen molar-refractivity contribution in [2.24, 2.45) is 0 Å². The number of hydrogen-bond acceptors (Lipinski definition) is 3. The maximum absolute atomic E-state index is 3.58. The van der Waals surface area contributed by atoms with Crippen LogP contribution in [0.4, 0.5) is 0 Å². The average Bonchev–Trinajstić information content (AvgIpc) is 2.65. The van der Waals surface area contributed by atoms with Crippen LogP contribution in [-0.4, -0.2) is 30.6 Å². The summed E-state index contributed by atoms with van der Waals surface area (Å²) in [6.07, 6.45) is 1.25. The van der Waals surface area contributed by atoms with E-state index < -0.39 is 0 Å². The fourth-order valence-corrected chi connectivity index (χ4v) is 3.69. The molecule has 1 N–H and O–H groups in total. The molecule has 14 heavy (non-hydrogen) atoms. The molecule has 0 bridgehead atoms. The van der Waals surface area contributed by atoms with Gasteiger partial charge in [-0.2, -0.15) is 0 Å². The van der Waals surface area contributed by atoms with Gasteiger partial charge in [-0.15, -0.1) is 11.3 Å². The maximum Gasteiger partial charge on any atom is 0.0570 e. The number of nitrogens with one attached hydrogen (secondary N) is 1. The minimum atomic E-state index is 0.660. The van der Waals surface area contributed by atoms with Gasteiger partial charge in [0.25, 0.3) is 0 Å². The predicted octanol–water partition coefficient (Wildman–Crippen LogP) is 1.64. The van der Waals surface area contributed by atoms with Gasteiger partial charge >= 0.3 is 0 Å². The minimum absolute atomic E-state index is 0.660. The standard InChI is InChI=1S/C11H16N2S/c1-8-7-13-4-2-9-3-5-14-11(9)10(13)6-12-8/h3,5,8,10,12H,2,4,6-7H2,1H3. The average molecular weight is 208 g/mol. The van der Waals surface area contributed by atoms with E-state index in [2.05, 4.69) is 28.6 Å². The molecule has 3 heteroatoms. The lowest BCUT2D eigenvalue weighted by Gasteiger charge is -2.42. The molecular formula is C11H16N2S. The number of nitrogens with zero attached hydrogens (tertiary/aromatic N) is 1. The molecule has 2 nitrogen and oxygen atoms in total. The van der Waals surface area contributed by atoms with Gasteiger partial charge in [0, 0.05) is 30.6 Å². The van der Waals surface area contributed by atoms with Gasteiger partial charge in [0.1, 0.15) is 0 Å². The summed E-state index contributed by atoms with van der Waals surface area (Å²) in [6.45, 7) is 5.87. The van der Waals surface area contributed by atoms with Crippen molar-refractivity contribution in [3.05, 3.63) is 21.9 Å². The SMILES string of the molecule is CC1CN2CCc3ccsc3C2CN1. The zero-order chi connectivity index (χ0) is 9.54. The van der Waals surface area contributed by atoms with Crippen LogP contribution < -0.4 is 5.32 Å². The first-order valence-electron chi connectivity index (χ1n) is 5.38. The summed E-state index contributed by atoms with van der Waals surface area (Å²) in [6, 6.07) is 3.62. The molecule has 0 saturated carbocycles. The van der Waals surface area contributed by atoms with Crippen molar-refractivity contribution in [1.29, 1.82) is 0 Å². The summed E-state index contributed by atoms with van der Waals surface area (Å²) < 4.78 is 0. The zero-order valence-corrected chi connectivity index (χ0v) is 9.31. The smallest absolute Gasteiger partial charge is 0.0570 e. The van der Waals surface area contributed by atoms with Gasteiger partial charge in [-0.3, -0.25) is 4.90 Å². The van der Waals surface area contributed by atoms with E-state index in [1.807, 2.05) is 11.3 Å². The molecule has 2 aliphatic heterocycles. The summed E-state index contributed by atoms with van der Waals surface area (Å²) >= 11 is 1.93. The highest BCUT2D eigenvalue weighted by atomic mass is 32.1. The molecule has 3 rings (SSSR count). The van der Waals surface area contributed by atoms with Gasteiger partial charge in [0.15, 0.2) is 0 Å². The lowest BCUT2D eigenvalue weighted by Crippen LogP contribution is -2.52. The zero-order valence-electron chi connectivity index (χ0n) is 8.49. The van der Waals surface area contributed by atoms with Crippen molar-refractivity contribution in [3.63, 3.8) is 0 Å². The molecule has 0 spiro atoms. The molecule has 1 aromatic heterocycles. The Balaban J connectivity index is 1.91. The highest BCUT2D eigenvalue weighted by Crippen LogP contribution is 2.34. The number of thiophene rings is 1. The van der Waals surface area contributed by atoms with Crippen LogP contribution in [0.15, 0.2) is 11.4 Å². The van der Waals surface area contributed by atoms with Crippen LogP contribution in [0.5, 0.6) is 0 Å². The van der Waals surface area contributed by atoms with E-state index in [9.17, 15) is 0 Å². The van der Waals surface area contributed by atoms with E-state index in [0.717, 1.165) is 6.54 Å². The van der Waals surface area contributed by atoms with Crippen molar-refractivity contribution < 1.29 is 0 Å². The lowest BCUT2D eigenvalue weighted by atomic mass is 9.98. The second kappa shape index (κ2) is 3.33. The third-order valence-corrected chi connectivity index (χ3v) is 4.42. The van der Waals surface area contributed by atoms with E-state index in [0.29, 0.717) is 12.1 Å². The van der Waals surface area contributed by atoms with E-state index in [-0.39, 0.29) is 0 Å². The molecule has 2 unspecified atom stereocenters. The van der Waals surface area contributed by atoms with Crippen LogP contribution in [0, 0.1) is 0 Å². The monoisotopic (exact) mass is 208 g/mol. The highest BCUT2D eigenvalue weighted by Gasteiger charge is 2.32. The van der Waals surface area contributed by atoms with Gasteiger partial charge in [-0.05, 0) is 30.4 Å². The summed E-state index contributed by atoms with van der Waals surface area (Å²) in [4.78, 5) is 4.25. The van der Waals surface area contributed by atoms with Crippen molar-refractivity contribution in [2.75, 3.05) is 19.6 Å². The highest BCUT2D eigenvalue weighted by molar-refractivity contribution is 7.10. The van der Waals surface area contributed by atoms with Crippen LogP contribution in [-0.2, 0) is 6.42 Å².